The molecule has 3 N–H and O–H groups in total. The van der Waals surface area contributed by atoms with E-state index in [1.807, 2.05) is 4.90 Å². The van der Waals surface area contributed by atoms with E-state index in [2.05, 4.69) is 9.72 Å². The van der Waals surface area contributed by atoms with E-state index in [-0.39, 0.29) is 34.4 Å². The molecule has 0 aromatic carbocycles. The topological polar surface area (TPSA) is 120 Å². The maximum absolute atomic E-state index is 15.7. The Kier molecular flexibility index (Phi) is 4.04. The second-order valence-electron chi connectivity index (χ2n) is 7.97. The number of rotatable bonds is 4. The molecule has 2 aromatic rings. The molecule has 154 valence electrons. The van der Waals surface area contributed by atoms with E-state index in [4.69, 9.17) is 15.6 Å². The van der Waals surface area contributed by atoms with Gasteiger partial charge in [-0.3, -0.25) is 4.79 Å². The Morgan fingerprint density at radius 1 is 1.45 bits per heavy atom. The molecule has 0 radical (unpaired) electrons. The molecule has 2 saturated heterocycles. The van der Waals surface area contributed by atoms with Crippen LogP contribution in [-0.2, 0) is 4.74 Å². The number of anilines is 1. The molecule has 5 rings (SSSR count). The van der Waals surface area contributed by atoms with E-state index in [1.54, 1.807) is 4.57 Å². The van der Waals surface area contributed by atoms with E-state index in [1.165, 1.54) is 12.4 Å². The maximum atomic E-state index is 15.7. The molecule has 0 spiro atoms. The van der Waals surface area contributed by atoms with Gasteiger partial charge in [0.1, 0.15) is 5.60 Å². The van der Waals surface area contributed by atoms with Crippen molar-refractivity contribution in [1.29, 1.82) is 0 Å². The van der Waals surface area contributed by atoms with Crippen molar-refractivity contribution in [3.63, 3.8) is 0 Å². The van der Waals surface area contributed by atoms with Gasteiger partial charge in [0, 0.05) is 37.9 Å². The van der Waals surface area contributed by atoms with Crippen LogP contribution in [-0.4, -0.2) is 52.7 Å². The minimum absolute atomic E-state index is 0.000999. The SMILES string of the molecule is NCC12CN(c3ncc4c(=O)c(OC(=O)O)cn(C5CC5)c4c3F)CC1CCO2. The number of carbonyl (C=O) groups is 1. The Morgan fingerprint density at radius 2 is 2.24 bits per heavy atom. The van der Waals surface area contributed by atoms with Crippen LogP contribution in [0.1, 0.15) is 25.3 Å². The lowest BCUT2D eigenvalue weighted by molar-refractivity contribution is 0.0126. The molecular weight excluding hydrogens is 383 g/mol. The average molecular weight is 404 g/mol. The van der Waals surface area contributed by atoms with E-state index in [0.717, 1.165) is 19.3 Å². The van der Waals surface area contributed by atoms with Gasteiger partial charge in [0.15, 0.2) is 17.4 Å². The number of aromatic nitrogens is 2. The first kappa shape index (κ1) is 18.3. The zero-order chi connectivity index (χ0) is 20.3. The van der Waals surface area contributed by atoms with Gasteiger partial charge in [-0.2, -0.15) is 0 Å². The van der Waals surface area contributed by atoms with Gasteiger partial charge in [0.2, 0.25) is 5.43 Å². The standard InChI is InChI=1S/C19H21FN4O5/c20-14-15-12(16(25)13(29-18(26)27)7-24(15)11-1-2-11)5-22-17(14)23-6-10-3-4-28-19(10,8-21)9-23/h5,7,10-11H,1-4,6,8-9,21H2,(H,26,27). The van der Waals surface area contributed by atoms with Crippen LogP contribution < -0.4 is 20.8 Å². The zero-order valence-corrected chi connectivity index (χ0v) is 15.6. The highest BCUT2D eigenvalue weighted by Crippen LogP contribution is 2.42. The van der Waals surface area contributed by atoms with Gasteiger partial charge in [-0.05, 0) is 19.3 Å². The van der Waals surface area contributed by atoms with Crippen molar-refractivity contribution < 1.29 is 23.8 Å². The first-order chi connectivity index (χ1) is 13.9. The molecule has 2 aromatic heterocycles. The molecular formula is C19H21FN4O5. The number of nitrogens with zero attached hydrogens (tertiary/aromatic N) is 3. The summed E-state index contributed by atoms with van der Waals surface area (Å²) in [5, 5.41) is 8.89. The molecule has 1 saturated carbocycles. The number of pyridine rings is 2. The summed E-state index contributed by atoms with van der Waals surface area (Å²) >= 11 is 0. The minimum Gasteiger partial charge on any atom is -0.449 e. The molecule has 2 unspecified atom stereocenters. The van der Waals surface area contributed by atoms with Gasteiger partial charge in [-0.25, -0.2) is 14.2 Å². The van der Waals surface area contributed by atoms with Crippen molar-refractivity contribution in [3.05, 3.63) is 28.4 Å². The normalized spacial score (nSPS) is 26.1. The van der Waals surface area contributed by atoms with Crippen LogP contribution in [0.15, 0.2) is 17.2 Å². The van der Waals surface area contributed by atoms with Crippen molar-refractivity contribution in [3.8, 4) is 5.75 Å². The van der Waals surface area contributed by atoms with Gasteiger partial charge in [-0.1, -0.05) is 0 Å². The highest BCUT2D eigenvalue weighted by molar-refractivity contribution is 5.83. The summed E-state index contributed by atoms with van der Waals surface area (Å²) < 4.78 is 27.8. The van der Waals surface area contributed by atoms with Crippen LogP contribution in [0.3, 0.4) is 0 Å². The van der Waals surface area contributed by atoms with E-state index in [9.17, 15) is 9.59 Å². The Morgan fingerprint density at radius 3 is 2.90 bits per heavy atom. The second kappa shape index (κ2) is 6.39. The number of carboxylic acid groups (broad SMARTS) is 1. The van der Waals surface area contributed by atoms with E-state index >= 15 is 4.39 Å². The maximum Gasteiger partial charge on any atom is 0.511 e. The zero-order valence-electron chi connectivity index (χ0n) is 15.6. The summed E-state index contributed by atoms with van der Waals surface area (Å²) in [5.74, 6) is -0.581. The minimum atomic E-state index is -1.59. The fourth-order valence-electron chi connectivity index (χ4n) is 4.62. The predicted octanol–water partition coefficient (Wildman–Crippen LogP) is 1.48. The number of halogens is 1. The lowest BCUT2D eigenvalue weighted by Crippen LogP contribution is -2.44. The van der Waals surface area contributed by atoms with Gasteiger partial charge >= 0.3 is 6.16 Å². The summed E-state index contributed by atoms with van der Waals surface area (Å²) in [6.07, 6.45) is 3.49. The number of ether oxygens (including phenoxy) is 2. The summed E-state index contributed by atoms with van der Waals surface area (Å²) in [7, 11) is 0. The van der Waals surface area contributed by atoms with E-state index < -0.39 is 23.0 Å². The summed E-state index contributed by atoms with van der Waals surface area (Å²) in [6, 6.07) is -0.00401. The number of hydrogen-bond donors (Lipinski definition) is 2. The van der Waals surface area contributed by atoms with Crippen molar-refractivity contribution in [2.45, 2.75) is 30.9 Å². The van der Waals surface area contributed by atoms with Crippen LogP contribution in [0.4, 0.5) is 15.0 Å². The average Bonchev–Trinajstić information content (AvgIpc) is 3.35. The molecule has 4 heterocycles. The fourth-order valence-corrected chi connectivity index (χ4v) is 4.62. The highest BCUT2D eigenvalue weighted by Gasteiger charge is 2.51. The second-order valence-corrected chi connectivity index (χ2v) is 7.97. The third kappa shape index (κ3) is 2.77. The van der Waals surface area contributed by atoms with Gasteiger partial charge in [0.05, 0.1) is 23.6 Å². The van der Waals surface area contributed by atoms with E-state index in [0.29, 0.717) is 26.2 Å². The molecule has 29 heavy (non-hydrogen) atoms. The molecule has 3 fully saturated rings. The quantitative estimate of drug-likeness (QED) is 0.736. The summed E-state index contributed by atoms with van der Waals surface area (Å²) in [6.45, 7) is 2.03. The first-order valence-electron chi connectivity index (χ1n) is 9.66. The molecule has 3 aliphatic rings. The lowest BCUT2D eigenvalue weighted by Gasteiger charge is -2.26. The van der Waals surface area contributed by atoms with Crippen molar-refractivity contribution in [2.75, 3.05) is 31.1 Å². The largest absolute Gasteiger partial charge is 0.511 e. The number of nitrogens with two attached hydrogens (primary N) is 1. The number of fused-ring (bicyclic) bond motifs is 2. The van der Waals surface area contributed by atoms with Crippen LogP contribution in [0.2, 0.25) is 0 Å². The Bertz CT molecular complexity index is 1070. The van der Waals surface area contributed by atoms with Crippen LogP contribution in [0, 0.1) is 11.7 Å². The third-order valence-electron chi connectivity index (χ3n) is 6.24. The lowest BCUT2D eigenvalue weighted by atomic mass is 9.91. The Balaban J connectivity index is 1.63. The van der Waals surface area contributed by atoms with Crippen LogP contribution >= 0.6 is 0 Å². The fraction of sp³-hybridized carbons (Fsp3) is 0.526. The number of hydrogen-bond acceptors (Lipinski definition) is 7. The monoisotopic (exact) mass is 404 g/mol. The van der Waals surface area contributed by atoms with Crippen molar-refractivity contribution in [2.24, 2.45) is 11.7 Å². The van der Waals surface area contributed by atoms with Gasteiger partial charge < -0.3 is 29.8 Å². The van der Waals surface area contributed by atoms with Crippen molar-refractivity contribution in [1.82, 2.24) is 9.55 Å². The smallest absolute Gasteiger partial charge is 0.449 e. The first-order valence-corrected chi connectivity index (χ1v) is 9.66. The Hall–Kier alpha value is -2.72. The van der Waals surface area contributed by atoms with Gasteiger partial charge in [-0.15, -0.1) is 0 Å². The molecule has 10 heteroatoms. The molecule has 0 amide bonds. The summed E-state index contributed by atoms with van der Waals surface area (Å²) in [4.78, 5) is 29.6. The Labute approximate surface area is 164 Å². The molecule has 2 aliphatic heterocycles. The molecule has 0 bridgehead atoms. The van der Waals surface area contributed by atoms with Crippen molar-refractivity contribution >= 4 is 22.9 Å². The predicted molar refractivity (Wildman–Crippen MR) is 101 cm³/mol. The molecule has 9 nitrogen and oxygen atoms in total. The van der Waals surface area contributed by atoms with Crippen LogP contribution in [0.5, 0.6) is 5.75 Å². The molecule has 2 atom stereocenters. The van der Waals surface area contributed by atoms with Gasteiger partial charge in [0.25, 0.3) is 0 Å². The summed E-state index contributed by atoms with van der Waals surface area (Å²) in [5.41, 5.74) is 4.89. The molecule has 1 aliphatic carbocycles. The van der Waals surface area contributed by atoms with Crippen LogP contribution in [0.25, 0.3) is 10.9 Å². The third-order valence-corrected chi connectivity index (χ3v) is 6.24. The highest BCUT2D eigenvalue weighted by atomic mass is 19.1.